The fraction of sp³-hybridized carbons (Fsp3) is 0.571. The molecule has 0 unspecified atom stereocenters. The van der Waals surface area contributed by atoms with Gasteiger partial charge in [-0.05, 0) is 37.1 Å². The summed E-state index contributed by atoms with van der Waals surface area (Å²) in [5, 5.41) is 9.10. The first-order chi connectivity index (χ1) is 9.88. The average molecular weight is 317 g/mol. The second-order valence-corrected chi connectivity index (χ2v) is 6.59. The van der Waals surface area contributed by atoms with Gasteiger partial charge in [-0.15, -0.1) is 0 Å². The lowest BCUT2D eigenvalue weighted by Gasteiger charge is -2.23. The molecule has 0 saturated heterocycles. The van der Waals surface area contributed by atoms with E-state index in [0.29, 0.717) is 16.9 Å². The van der Waals surface area contributed by atoms with Crippen molar-refractivity contribution in [3.05, 3.63) is 23.3 Å². The molecule has 21 heavy (non-hydrogen) atoms. The first-order valence-corrected chi connectivity index (χ1v) is 8.07. The lowest BCUT2D eigenvalue weighted by molar-refractivity contribution is 0.168. The Kier molecular flexibility index (Phi) is 6.60. The summed E-state index contributed by atoms with van der Waals surface area (Å²) in [6.45, 7) is 3.73. The zero-order chi connectivity index (χ0) is 16.0. The number of hydrogen-bond acceptors (Lipinski definition) is 5. The molecule has 120 valence electrons. The second kappa shape index (κ2) is 7.74. The molecule has 0 aromatic heterocycles. The molecule has 0 heterocycles. The molecule has 7 heteroatoms. The highest BCUT2D eigenvalue weighted by Crippen LogP contribution is 2.28. The molecule has 1 aromatic carbocycles. The third kappa shape index (κ3) is 4.16. The first kappa shape index (κ1) is 17.9. The first-order valence-electron chi connectivity index (χ1n) is 6.63. The largest absolute Gasteiger partial charge is 0.497 e. The Morgan fingerprint density at radius 3 is 2.14 bits per heavy atom. The van der Waals surface area contributed by atoms with E-state index in [0.717, 1.165) is 0 Å². The summed E-state index contributed by atoms with van der Waals surface area (Å²) < 4.78 is 36.9. The monoisotopic (exact) mass is 317 g/mol. The Hall–Kier alpha value is -1.15. The van der Waals surface area contributed by atoms with Gasteiger partial charge in [-0.25, -0.2) is 8.42 Å². The molecule has 1 rings (SSSR count). The maximum absolute atomic E-state index is 12.8. The molecule has 1 aromatic rings. The van der Waals surface area contributed by atoms with Crippen LogP contribution in [0.3, 0.4) is 0 Å². The Balaban J connectivity index is 3.27. The molecule has 0 aliphatic rings. The van der Waals surface area contributed by atoms with Crippen molar-refractivity contribution in [2.24, 2.45) is 0 Å². The normalized spacial score (nSPS) is 11.9. The molecule has 0 radical (unpaired) electrons. The average Bonchev–Trinajstić information content (AvgIpc) is 2.41. The van der Waals surface area contributed by atoms with Gasteiger partial charge in [0.2, 0.25) is 10.0 Å². The number of ether oxygens (including phenoxy) is 2. The van der Waals surface area contributed by atoms with Gasteiger partial charge in [-0.2, -0.15) is 4.31 Å². The summed E-state index contributed by atoms with van der Waals surface area (Å²) >= 11 is 0. The molecule has 0 aliphatic carbocycles. The van der Waals surface area contributed by atoms with Crippen LogP contribution in [0.4, 0.5) is 0 Å². The number of benzene rings is 1. The van der Waals surface area contributed by atoms with E-state index < -0.39 is 10.0 Å². The molecular formula is C14H23NO5S. The third-order valence-electron chi connectivity index (χ3n) is 3.16. The van der Waals surface area contributed by atoms with E-state index in [1.807, 2.05) is 0 Å². The van der Waals surface area contributed by atoms with Gasteiger partial charge in [-0.3, -0.25) is 0 Å². The van der Waals surface area contributed by atoms with E-state index in [1.165, 1.54) is 11.4 Å². The number of aliphatic hydroxyl groups is 1. The van der Waals surface area contributed by atoms with E-state index in [2.05, 4.69) is 0 Å². The van der Waals surface area contributed by atoms with Crippen LogP contribution in [0.1, 0.15) is 11.1 Å². The number of aliphatic hydroxyl groups excluding tert-OH is 1. The van der Waals surface area contributed by atoms with E-state index in [9.17, 15) is 8.42 Å². The summed E-state index contributed by atoms with van der Waals surface area (Å²) in [5.74, 6) is 0.620. The van der Waals surface area contributed by atoms with Crippen LogP contribution in [0.5, 0.6) is 5.75 Å². The van der Waals surface area contributed by atoms with Crippen molar-refractivity contribution in [1.82, 2.24) is 4.31 Å². The standard InChI is InChI=1S/C14H23NO5S/c1-11-9-13(20-4)10-12(2)14(11)21(17,18)15(5-7-16)6-8-19-3/h9-10,16H,5-8H2,1-4H3. The quantitative estimate of drug-likeness (QED) is 0.772. The zero-order valence-corrected chi connectivity index (χ0v) is 13.7. The lowest BCUT2D eigenvalue weighted by atomic mass is 10.1. The van der Waals surface area contributed by atoms with Crippen LogP contribution in [0.15, 0.2) is 17.0 Å². The van der Waals surface area contributed by atoms with Crippen LogP contribution in [-0.2, 0) is 14.8 Å². The second-order valence-electron chi connectivity index (χ2n) is 4.71. The van der Waals surface area contributed by atoms with Crippen LogP contribution < -0.4 is 4.74 Å². The van der Waals surface area contributed by atoms with Crippen molar-refractivity contribution in [3.63, 3.8) is 0 Å². The Morgan fingerprint density at radius 2 is 1.71 bits per heavy atom. The highest BCUT2D eigenvalue weighted by molar-refractivity contribution is 7.89. The summed E-state index contributed by atoms with van der Waals surface area (Å²) in [7, 11) is -0.636. The van der Waals surface area contributed by atoms with Gasteiger partial charge in [0.25, 0.3) is 0 Å². The van der Waals surface area contributed by atoms with Crippen LogP contribution in [0.25, 0.3) is 0 Å². The van der Waals surface area contributed by atoms with Gasteiger partial charge < -0.3 is 14.6 Å². The fourth-order valence-electron chi connectivity index (χ4n) is 2.22. The SMILES string of the molecule is COCCN(CCO)S(=O)(=O)c1c(C)cc(OC)cc1C. The van der Waals surface area contributed by atoms with Gasteiger partial charge in [-0.1, -0.05) is 0 Å². The van der Waals surface area contributed by atoms with E-state index in [-0.39, 0.29) is 31.2 Å². The van der Waals surface area contributed by atoms with Crippen molar-refractivity contribution >= 4 is 10.0 Å². The number of hydrogen-bond donors (Lipinski definition) is 1. The number of aryl methyl sites for hydroxylation is 2. The molecule has 0 fully saturated rings. The predicted molar refractivity (Wildman–Crippen MR) is 80.2 cm³/mol. The minimum absolute atomic E-state index is 0.0383. The number of rotatable bonds is 8. The fourth-order valence-corrected chi connectivity index (χ4v) is 4.05. The minimum Gasteiger partial charge on any atom is -0.497 e. The summed E-state index contributed by atoms with van der Waals surface area (Å²) in [5.41, 5.74) is 1.24. The van der Waals surface area contributed by atoms with Crippen molar-refractivity contribution in [1.29, 1.82) is 0 Å². The Morgan fingerprint density at radius 1 is 1.14 bits per heavy atom. The highest BCUT2D eigenvalue weighted by atomic mass is 32.2. The summed E-state index contributed by atoms with van der Waals surface area (Å²) in [6.07, 6.45) is 0. The molecule has 0 atom stereocenters. The number of sulfonamides is 1. The maximum Gasteiger partial charge on any atom is 0.243 e. The van der Waals surface area contributed by atoms with Crippen molar-refractivity contribution in [2.45, 2.75) is 18.7 Å². The van der Waals surface area contributed by atoms with Gasteiger partial charge in [0.15, 0.2) is 0 Å². The number of nitrogens with zero attached hydrogens (tertiary/aromatic N) is 1. The van der Waals surface area contributed by atoms with E-state index >= 15 is 0 Å². The molecular weight excluding hydrogens is 294 g/mol. The molecule has 0 spiro atoms. The number of methoxy groups -OCH3 is 2. The zero-order valence-electron chi connectivity index (χ0n) is 12.9. The molecule has 0 bridgehead atoms. The topological polar surface area (TPSA) is 76.1 Å². The molecule has 0 aliphatic heterocycles. The third-order valence-corrected chi connectivity index (χ3v) is 5.37. The summed E-state index contributed by atoms with van der Waals surface area (Å²) in [6, 6.07) is 3.38. The smallest absolute Gasteiger partial charge is 0.243 e. The van der Waals surface area contributed by atoms with E-state index in [1.54, 1.807) is 33.1 Å². The summed E-state index contributed by atoms with van der Waals surface area (Å²) in [4.78, 5) is 0.257. The molecule has 6 nitrogen and oxygen atoms in total. The lowest BCUT2D eigenvalue weighted by Crippen LogP contribution is -2.36. The Bertz CT molecular complexity index is 548. The van der Waals surface area contributed by atoms with Gasteiger partial charge in [0.1, 0.15) is 5.75 Å². The molecule has 0 amide bonds. The van der Waals surface area contributed by atoms with Crippen molar-refractivity contribution < 1.29 is 23.0 Å². The van der Waals surface area contributed by atoms with E-state index in [4.69, 9.17) is 14.6 Å². The van der Waals surface area contributed by atoms with Gasteiger partial charge in [0, 0.05) is 20.2 Å². The highest BCUT2D eigenvalue weighted by Gasteiger charge is 2.27. The van der Waals surface area contributed by atoms with Gasteiger partial charge in [0.05, 0.1) is 25.2 Å². The van der Waals surface area contributed by atoms with Crippen LogP contribution in [-0.4, -0.2) is 58.4 Å². The van der Waals surface area contributed by atoms with Crippen LogP contribution in [0, 0.1) is 13.8 Å². The minimum atomic E-state index is -3.68. The molecule has 0 saturated carbocycles. The van der Waals surface area contributed by atoms with Crippen molar-refractivity contribution in [2.75, 3.05) is 40.5 Å². The van der Waals surface area contributed by atoms with Crippen LogP contribution >= 0.6 is 0 Å². The predicted octanol–water partition coefficient (Wildman–Crippen LogP) is 0.941. The Labute approximate surface area is 126 Å². The van der Waals surface area contributed by atoms with Crippen molar-refractivity contribution in [3.8, 4) is 5.75 Å². The van der Waals surface area contributed by atoms with Gasteiger partial charge >= 0.3 is 0 Å². The maximum atomic E-state index is 12.8. The van der Waals surface area contributed by atoms with Crippen LogP contribution in [0.2, 0.25) is 0 Å². The molecule has 1 N–H and O–H groups in total.